The molecule has 0 amide bonds. The van der Waals surface area contributed by atoms with Crippen LogP contribution in [0.25, 0.3) is 0 Å². The van der Waals surface area contributed by atoms with Gasteiger partial charge < -0.3 is 10.2 Å². The summed E-state index contributed by atoms with van der Waals surface area (Å²) in [5.41, 5.74) is 0. The topological polar surface area (TPSA) is 61.4 Å². The second kappa shape index (κ2) is 7.31. The van der Waals surface area contributed by atoms with E-state index in [0.29, 0.717) is 19.0 Å². The average Bonchev–Trinajstić information content (AvgIpc) is 2.77. The molecule has 0 aliphatic carbocycles. The summed E-state index contributed by atoms with van der Waals surface area (Å²) >= 11 is 0. The van der Waals surface area contributed by atoms with Gasteiger partial charge in [-0.2, -0.15) is 0 Å². The van der Waals surface area contributed by atoms with Gasteiger partial charge in [0.05, 0.1) is 5.75 Å². The third kappa shape index (κ3) is 6.35. The number of sulfonamides is 1. The Morgan fingerprint density at radius 2 is 1.94 bits per heavy atom. The van der Waals surface area contributed by atoms with Crippen molar-refractivity contribution in [3.8, 4) is 0 Å². The van der Waals surface area contributed by atoms with Crippen molar-refractivity contribution >= 4 is 10.0 Å². The highest BCUT2D eigenvalue weighted by atomic mass is 32.2. The molecule has 5 nitrogen and oxygen atoms in total. The molecule has 0 aromatic heterocycles. The normalized spacial score (nSPS) is 19.6. The number of likely N-dealkylation sites (tertiary alicyclic amines) is 1. The highest BCUT2D eigenvalue weighted by Crippen LogP contribution is 2.09. The molecule has 0 aromatic carbocycles. The van der Waals surface area contributed by atoms with E-state index in [4.69, 9.17) is 0 Å². The minimum Gasteiger partial charge on any atom is -0.319 e. The Morgan fingerprint density at radius 3 is 2.53 bits per heavy atom. The number of hydrogen-bond donors (Lipinski definition) is 2. The van der Waals surface area contributed by atoms with Gasteiger partial charge in [0.1, 0.15) is 0 Å². The monoisotopic (exact) mass is 263 g/mol. The van der Waals surface area contributed by atoms with Crippen molar-refractivity contribution in [3.63, 3.8) is 0 Å². The molecule has 1 rings (SSSR count). The zero-order chi connectivity index (χ0) is 12.7. The second-order valence-corrected chi connectivity index (χ2v) is 6.81. The standard InChI is InChI=1S/C11H25N3O2S/c1-11(10-14-6-3-4-7-14)9-13-17(15,16)8-5-12-2/h11-13H,3-10H2,1-2H3. The smallest absolute Gasteiger partial charge is 0.212 e. The highest BCUT2D eigenvalue weighted by molar-refractivity contribution is 7.89. The van der Waals surface area contributed by atoms with Crippen molar-refractivity contribution in [2.75, 3.05) is 45.5 Å². The largest absolute Gasteiger partial charge is 0.319 e. The zero-order valence-corrected chi connectivity index (χ0v) is 11.7. The fourth-order valence-corrected chi connectivity index (χ4v) is 3.20. The van der Waals surface area contributed by atoms with Crippen LogP contribution in [0.4, 0.5) is 0 Å². The fourth-order valence-electron chi connectivity index (χ4n) is 2.05. The van der Waals surface area contributed by atoms with E-state index in [9.17, 15) is 8.42 Å². The van der Waals surface area contributed by atoms with Gasteiger partial charge in [0, 0.05) is 19.6 Å². The van der Waals surface area contributed by atoms with Crippen LogP contribution in [-0.4, -0.2) is 58.8 Å². The van der Waals surface area contributed by atoms with Gasteiger partial charge in [0.2, 0.25) is 10.0 Å². The number of hydrogen-bond acceptors (Lipinski definition) is 4. The van der Waals surface area contributed by atoms with Gasteiger partial charge >= 0.3 is 0 Å². The first kappa shape index (κ1) is 14.9. The lowest BCUT2D eigenvalue weighted by Crippen LogP contribution is -2.37. The van der Waals surface area contributed by atoms with Gasteiger partial charge in [0.15, 0.2) is 0 Å². The van der Waals surface area contributed by atoms with Crippen LogP contribution in [0.2, 0.25) is 0 Å². The maximum Gasteiger partial charge on any atom is 0.212 e. The highest BCUT2D eigenvalue weighted by Gasteiger charge is 2.16. The van der Waals surface area contributed by atoms with Crippen LogP contribution >= 0.6 is 0 Å². The lowest BCUT2D eigenvalue weighted by molar-refractivity contribution is 0.288. The summed E-state index contributed by atoms with van der Waals surface area (Å²) in [7, 11) is -1.35. The summed E-state index contributed by atoms with van der Waals surface area (Å²) in [5, 5.41) is 2.84. The molecule has 102 valence electrons. The predicted octanol–water partition coefficient (Wildman–Crippen LogP) is -0.143. The molecule has 1 saturated heterocycles. The van der Waals surface area contributed by atoms with Crippen molar-refractivity contribution in [3.05, 3.63) is 0 Å². The van der Waals surface area contributed by atoms with E-state index in [-0.39, 0.29) is 5.75 Å². The van der Waals surface area contributed by atoms with E-state index in [1.165, 1.54) is 12.8 Å². The van der Waals surface area contributed by atoms with Gasteiger partial charge in [-0.15, -0.1) is 0 Å². The van der Waals surface area contributed by atoms with E-state index in [0.717, 1.165) is 19.6 Å². The van der Waals surface area contributed by atoms with Crippen LogP contribution in [0, 0.1) is 5.92 Å². The molecule has 1 atom stereocenters. The summed E-state index contributed by atoms with van der Waals surface area (Å²) < 4.78 is 25.8. The van der Waals surface area contributed by atoms with Crippen LogP contribution in [0.15, 0.2) is 0 Å². The number of nitrogens with zero attached hydrogens (tertiary/aromatic N) is 1. The summed E-state index contributed by atoms with van der Waals surface area (Å²) in [6.45, 7) is 6.46. The Hall–Kier alpha value is -0.170. The van der Waals surface area contributed by atoms with E-state index < -0.39 is 10.0 Å². The molecule has 0 saturated carbocycles. The Morgan fingerprint density at radius 1 is 1.29 bits per heavy atom. The molecule has 1 fully saturated rings. The summed E-state index contributed by atoms with van der Waals surface area (Å²) in [6.07, 6.45) is 2.56. The minimum atomic E-state index is -3.10. The molecule has 1 unspecified atom stereocenters. The molecular weight excluding hydrogens is 238 g/mol. The zero-order valence-electron chi connectivity index (χ0n) is 10.9. The van der Waals surface area contributed by atoms with E-state index in [1.807, 2.05) is 0 Å². The van der Waals surface area contributed by atoms with Gasteiger partial charge in [-0.05, 0) is 38.9 Å². The number of rotatable bonds is 8. The maximum absolute atomic E-state index is 11.6. The molecule has 0 bridgehead atoms. The lowest BCUT2D eigenvalue weighted by atomic mass is 10.2. The fraction of sp³-hybridized carbons (Fsp3) is 1.00. The maximum atomic E-state index is 11.6. The van der Waals surface area contributed by atoms with E-state index >= 15 is 0 Å². The summed E-state index contributed by atoms with van der Waals surface area (Å²) in [5.74, 6) is 0.525. The molecule has 0 radical (unpaired) electrons. The molecule has 6 heteroatoms. The van der Waals surface area contributed by atoms with Crippen LogP contribution in [0.5, 0.6) is 0 Å². The van der Waals surface area contributed by atoms with Crippen LogP contribution in [0.3, 0.4) is 0 Å². The van der Waals surface area contributed by atoms with Crippen molar-refractivity contribution < 1.29 is 8.42 Å². The molecule has 1 aliphatic heterocycles. The minimum absolute atomic E-state index is 0.153. The molecule has 1 aliphatic rings. The summed E-state index contributed by atoms with van der Waals surface area (Å²) in [6, 6.07) is 0. The lowest BCUT2D eigenvalue weighted by Gasteiger charge is -2.20. The molecule has 2 N–H and O–H groups in total. The van der Waals surface area contributed by atoms with Crippen LogP contribution < -0.4 is 10.0 Å². The van der Waals surface area contributed by atoms with Crippen molar-refractivity contribution in [2.24, 2.45) is 5.92 Å². The van der Waals surface area contributed by atoms with E-state index in [2.05, 4.69) is 21.9 Å². The predicted molar refractivity (Wildman–Crippen MR) is 70.6 cm³/mol. The molecule has 1 heterocycles. The second-order valence-electron chi connectivity index (χ2n) is 4.88. The quantitative estimate of drug-likeness (QED) is 0.640. The third-order valence-electron chi connectivity index (χ3n) is 3.04. The van der Waals surface area contributed by atoms with Gasteiger partial charge in [-0.1, -0.05) is 6.92 Å². The van der Waals surface area contributed by atoms with Crippen molar-refractivity contribution in [1.82, 2.24) is 14.9 Å². The molecule has 0 aromatic rings. The average molecular weight is 263 g/mol. The first-order valence-corrected chi connectivity index (χ1v) is 8.03. The molecular formula is C11H25N3O2S. The SMILES string of the molecule is CNCCS(=O)(=O)NCC(C)CN1CCCC1. The molecule has 0 spiro atoms. The number of nitrogens with one attached hydrogen (secondary N) is 2. The molecule has 17 heavy (non-hydrogen) atoms. The van der Waals surface area contributed by atoms with Gasteiger partial charge in [-0.25, -0.2) is 13.1 Å². The van der Waals surface area contributed by atoms with Crippen LogP contribution in [0.1, 0.15) is 19.8 Å². The summed E-state index contributed by atoms with van der Waals surface area (Å²) in [4.78, 5) is 2.41. The van der Waals surface area contributed by atoms with Gasteiger partial charge in [-0.3, -0.25) is 0 Å². The third-order valence-corrected chi connectivity index (χ3v) is 4.39. The van der Waals surface area contributed by atoms with E-state index in [1.54, 1.807) is 7.05 Å². The van der Waals surface area contributed by atoms with Crippen molar-refractivity contribution in [2.45, 2.75) is 19.8 Å². The Labute approximate surface area is 105 Å². The first-order chi connectivity index (χ1) is 8.03. The van der Waals surface area contributed by atoms with Gasteiger partial charge in [0.25, 0.3) is 0 Å². The first-order valence-electron chi connectivity index (χ1n) is 6.38. The Bertz CT molecular complexity index is 300. The Kier molecular flexibility index (Phi) is 6.40. The van der Waals surface area contributed by atoms with Crippen molar-refractivity contribution in [1.29, 1.82) is 0 Å². The Balaban J connectivity index is 2.19. The van der Waals surface area contributed by atoms with Crippen LogP contribution in [-0.2, 0) is 10.0 Å².